The first-order chi connectivity index (χ1) is 15.7. The van der Waals surface area contributed by atoms with Crippen molar-refractivity contribution < 1.29 is 18.3 Å². The normalized spacial score (nSPS) is 23.1. The molecular weight excluding hydrogens is 454 g/mol. The Hall–Kier alpha value is -3.14. The van der Waals surface area contributed by atoms with Gasteiger partial charge in [0.15, 0.2) is 11.7 Å². The summed E-state index contributed by atoms with van der Waals surface area (Å²) in [7, 11) is -0.721. The molecule has 1 saturated heterocycles. The molecule has 0 saturated carbocycles. The van der Waals surface area contributed by atoms with Crippen LogP contribution in [0.15, 0.2) is 51.7 Å². The van der Waals surface area contributed by atoms with E-state index < -0.39 is 16.3 Å². The molecule has 1 aliphatic carbocycles. The Bertz CT molecular complexity index is 1200. The van der Waals surface area contributed by atoms with Crippen molar-refractivity contribution >= 4 is 27.8 Å². The van der Waals surface area contributed by atoms with Gasteiger partial charge in [-0.2, -0.15) is 8.42 Å². The van der Waals surface area contributed by atoms with Crippen LogP contribution in [0.5, 0.6) is 0 Å². The molecule has 1 fully saturated rings. The molecule has 10 heteroatoms. The molecule has 1 heterocycles. The maximum Gasteiger partial charge on any atom is 0.324 e. The Kier molecular flexibility index (Phi) is 6.93. The van der Waals surface area contributed by atoms with Crippen LogP contribution in [-0.2, 0) is 15.0 Å². The zero-order chi connectivity index (χ0) is 25.4. The minimum absolute atomic E-state index is 0.00197. The molecule has 3 N–H and O–H groups in total. The highest BCUT2D eigenvalue weighted by atomic mass is 32.2. The molecule has 0 aromatic heterocycles. The molecule has 34 heavy (non-hydrogen) atoms. The van der Waals surface area contributed by atoms with Crippen molar-refractivity contribution in [3.05, 3.63) is 58.4 Å². The summed E-state index contributed by atoms with van der Waals surface area (Å²) in [5.41, 5.74) is 2.94. The molecule has 0 radical (unpaired) electrons. The smallest absolute Gasteiger partial charge is 0.324 e. The predicted octanol–water partition coefficient (Wildman–Crippen LogP) is 2.85. The number of aliphatic imine (C=N–C) groups is 2. The van der Waals surface area contributed by atoms with Gasteiger partial charge in [-0.25, -0.2) is 9.44 Å². The van der Waals surface area contributed by atoms with Crippen molar-refractivity contribution in [3.63, 3.8) is 0 Å². The Morgan fingerprint density at radius 1 is 1.12 bits per heavy atom. The first-order valence-electron chi connectivity index (χ1n) is 11.0. The lowest BCUT2D eigenvalue weighted by Gasteiger charge is -2.28. The van der Waals surface area contributed by atoms with Gasteiger partial charge >= 0.3 is 10.2 Å². The molecule has 1 aromatic carbocycles. The second kappa shape index (κ2) is 9.25. The van der Waals surface area contributed by atoms with Crippen LogP contribution in [0, 0.1) is 19.3 Å². The Morgan fingerprint density at radius 2 is 1.71 bits per heavy atom. The Balaban J connectivity index is 2.08. The fourth-order valence-electron chi connectivity index (χ4n) is 4.00. The van der Waals surface area contributed by atoms with Gasteiger partial charge in [0.1, 0.15) is 11.8 Å². The molecule has 0 spiro atoms. The molecule has 2 aliphatic rings. The number of amides is 1. The van der Waals surface area contributed by atoms with Crippen LogP contribution in [0.1, 0.15) is 49.9 Å². The van der Waals surface area contributed by atoms with Gasteiger partial charge < -0.3 is 10.0 Å². The first-order valence-corrected chi connectivity index (χ1v) is 12.5. The third-order valence-electron chi connectivity index (χ3n) is 5.48. The highest BCUT2D eigenvalue weighted by molar-refractivity contribution is 7.89. The van der Waals surface area contributed by atoms with E-state index in [1.165, 1.54) is 4.90 Å². The lowest BCUT2D eigenvalue weighted by atomic mass is 9.82. The Morgan fingerprint density at radius 3 is 2.26 bits per heavy atom. The number of amidine groups is 2. The molecule has 1 amide bonds. The average Bonchev–Trinajstić information content (AvgIpc) is 2.98. The number of carbonyl (C=O) groups excluding carboxylic acids is 1. The van der Waals surface area contributed by atoms with Crippen molar-refractivity contribution in [3.8, 4) is 0 Å². The highest BCUT2D eigenvalue weighted by Gasteiger charge is 2.34. The fourth-order valence-corrected chi connectivity index (χ4v) is 4.86. The Labute approximate surface area is 201 Å². The molecule has 1 aromatic rings. The summed E-state index contributed by atoms with van der Waals surface area (Å²) in [5.74, 6) is -0.495. The molecule has 0 bridgehead atoms. The van der Waals surface area contributed by atoms with Crippen molar-refractivity contribution in [2.75, 3.05) is 14.1 Å². The molecule has 9 nitrogen and oxygen atoms in total. The van der Waals surface area contributed by atoms with E-state index in [2.05, 4.69) is 20.5 Å². The lowest BCUT2D eigenvalue weighted by molar-refractivity contribution is -0.124. The van der Waals surface area contributed by atoms with E-state index in [9.17, 15) is 18.3 Å². The topological polar surface area (TPSA) is 123 Å². The second-order valence-electron chi connectivity index (χ2n) is 10.0. The van der Waals surface area contributed by atoms with Gasteiger partial charge in [0.25, 0.3) is 5.91 Å². The SMILES string of the molecule is Cc1cc(C)cc(C(N=C2NS(=O)(=O)NC2=NC2CC=CC(C(=O)N(C)C)=C2O)C(C)(C)C)c1. The predicted molar refractivity (Wildman–Crippen MR) is 134 cm³/mol. The van der Waals surface area contributed by atoms with Gasteiger partial charge in [-0.1, -0.05) is 56.2 Å². The first kappa shape index (κ1) is 25.5. The summed E-state index contributed by atoms with van der Waals surface area (Å²) in [4.78, 5) is 23.0. The summed E-state index contributed by atoms with van der Waals surface area (Å²) in [6.45, 7) is 10.1. The second-order valence-corrected chi connectivity index (χ2v) is 11.4. The number of likely N-dealkylation sites (N-methyl/N-ethyl adjacent to an activating group) is 1. The quantitative estimate of drug-likeness (QED) is 0.604. The van der Waals surface area contributed by atoms with Gasteiger partial charge in [0.05, 0.1) is 11.6 Å². The van der Waals surface area contributed by atoms with Gasteiger partial charge in [0, 0.05) is 14.1 Å². The number of aliphatic hydroxyl groups excluding tert-OH is 1. The monoisotopic (exact) mass is 487 g/mol. The van der Waals surface area contributed by atoms with E-state index in [1.54, 1.807) is 26.2 Å². The summed E-state index contributed by atoms with van der Waals surface area (Å²) in [6.07, 6.45) is 3.59. The van der Waals surface area contributed by atoms with E-state index in [0.717, 1.165) is 16.7 Å². The van der Waals surface area contributed by atoms with Crippen molar-refractivity contribution in [1.29, 1.82) is 0 Å². The maximum absolute atomic E-state index is 12.4. The minimum atomic E-state index is -3.90. The van der Waals surface area contributed by atoms with Crippen LogP contribution in [0.3, 0.4) is 0 Å². The number of benzene rings is 1. The fraction of sp³-hybridized carbons (Fsp3) is 0.458. The zero-order valence-electron chi connectivity index (χ0n) is 20.7. The molecule has 2 unspecified atom stereocenters. The number of aliphatic hydroxyl groups is 1. The van der Waals surface area contributed by atoms with Gasteiger partial charge in [-0.05, 0) is 37.3 Å². The number of hydrogen-bond donors (Lipinski definition) is 3. The molecule has 1 aliphatic heterocycles. The van der Waals surface area contributed by atoms with E-state index in [4.69, 9.17) is 4.99 Å². The van der Waals surface area contributed by atoms with Crippen LogP contribution >= 0.6 is 0 Å². The molecule has 2 atom stereocenters. The third kappa shape index (κ3) is 5.67. The van der Waals surface area contributed by atoms with Crippen molar-refractivity contribution in [1.82, 2.24) is 14.3 Å². The number of aryl methyl sites for hydroxylation is 2. The summed E-state index contributed by atoms with van der Waals surface area (Å²) < 4.78 is 29.6. The average molecular weight is 488 g/mol. The van der Waals surface area contributed by atoms with Crippen LogP contribution in [-0.4, -0.2) is 56.1 Å². The van der Waals surface area contributed by atoms with E-state index >= 15 is 0 Å². The van der Waals surface area contributed by atoms with E-state index in [1.807, 2.05) is 46.8 Å². The number of nitrogens with zero attached hydrogens (tertiary/aromatic N) is 3. The number of hydrogen-bond acceptors (Lipinski definition) is 6. The number of rotatable bonds is 4. The summed E-state index contributed by atoms with van der Waals surface area (Å²) in [5, 5.41) is 10.7. The van der Waals surface area contributed by atoms with E-state index in [-0.39, 0.29) is 40.4 Å². The maximum atomic E-state index is 12.4. The highest BCUT2D eigenvalue weighted by Crippen LogP contribution is 2.37. The number of nitrogens with one attached hydrogen (secondary N) is 2. The minimum Gasteiger partial charge on any atom is -0.509 e. The molecule has 184 valence electrons. The zero-order valence-corrected chi connectivity index (χ0v) is 21.5. The van der Waals surface area contributed by atoms with Crippen molar-refractivity contribution in [2.45, 2.75) is 53.1 Å². The standard InChI is InChI=1S/C24H33N5O4S/c1-14-11-15(2)13-16(12-14)20(24(3,4)5)26-22-21(27-34(32,33)28-22)25-18-10-8-9-17(19(18)30)23(31)29(6)7/h8-9,11-13,18,20,30H,10H2,1-7H3,(H,25,27)(H,26,28). The van der Waals surface area contributed by atoms with Crippen LogP contribution in [0.25, 0.3) is 0 Å². The van der Waals surface area contributed by atoms with Gasteiger partial charge in [-0.15, -0.1) is 0 Å². The lowest BCUT2D eigenvalue weighted by Crippen LogP contribution is -2.30. The van der Waals surface area contributed by atoms with E-state index in [0.29, 0.717) is 6.42 Å². The van der Waals surface area contributed by atoms with Crippen molar-refractivity contribution in [2.24, 2.45) is 15.4 Å². The summed E-state index contributed by atoms with van der Waals surface area (Å²) in [6, 6.07) is 4.97. The van der Waals surface area contributed by atoms with Gasteiger partial charge in [0.2, 0.25) is 0 Å². The largest absolute Gasteiger partial charge is 0.509 e. The van der Waals surface area contributed by atoms with Crippen LogP contribution in [0.2, 0.25) is 0 Å². The van der Waals surface area contributed by atoms with Gasteiger partial charge in [-0.3, -0.25) is 14.8 Å². The van der Waals surface area contributed by atoms with Crippen LogP contribution in [0.4, 0.5) is 0 Å². The summed E-state index contributed by atoms with van der Waals surface area (Å²) >= 11 is 0. The third-order valence-corrected chi connectivity index (χ3v) is 6.41. The molecule has 3 rings (SSSR count). The number of carbonyl (C=O) groups is 1. The molecular formula is C24H33N5O4S. The van der Waals surface area contributed by atoms with Crippen LogP contribution < -0.4 is 9.44 Å².